The van der Waals surface area contributed by atoms with Crippen LogP contribution in [-0.4, -0.2) is 4.98 Å². The Kier molecular flexibility index (Phi) is 3.72. The standard InChI is InChI=1S/C14H12N2O/c15-10-9-13-7-4-8-14(16-13)17-11-12-5-2-1-3-6-12/h1-8H,9,11H2. The van der Waals surface area contributed by atoms with Crippen molar-refractivity contribution in [1.29, 1.82) is 5.26 Å². The quantitative estimate of drug-likeness (QED) is 0.802. The van der Waals surface area contributed by atoms with Crippen molar-refractivity contribution in [3.63, 3.8) is 0 Å². The van der Waals surface area contributed by atoms with E-state index in [1.54, 1.807) is 6.07 Å². The average molecular weight is 224 g/mol. The van der Waals surface area contributed by atoms with Gasteiger partial charge in [0.25, 0.3) is 0 Å². The normalized spacial score (nSPS) is 9.59. The molecule has 2 aromatic rings. The Morgan fingerprint density at radius 2 is 1.88 bits per heavy atom. The number of pyridine rings is 1. The molecule has 0 amide bonds. The van der Waals surface area contributed by atoms with E-state index < -0.39 is 0 Å². The average Bonchev–Trinajstić information content (AvgIpc) is 2.39. The fourth-order valence-corrected chi connectivity index (χ4v) is 1.45. The highest BCUT2D eigenvalue weighted by molar-refractivity contribution is 5.19. The number of rotatable bonds is 4. The summed E-state index contributed by atoms with van der Waals surface area (Å²) in [5.41, 5.74) is 1.83. The number of nitriles is 1. The summed E-state index contributed by atoms with van der Waals surface area (Å²) < 4.78 is 5.56. The molecule has 0 bridgehead atoms. The van der Waals surface area contributed by atoms with Crippen molar-refractivity contribution in [3.05, 3.63) is 59.8 Å². The number of benzene rings is 1. The Labute approximate surface area is 100 Å². The van der Waals surface area contributed by atoms with Crippen molar-refractivity contribution in [3.8, 4) is 11.9 Å². The van der Waals surface area contributed by atoms with Crippen molar-refractivity contribution in [2.75, 3.05) is 0 Å². The van der Waals surface area contributed by atoms with Crippen molar-refractivity contribution in [1.82, 2.24) is 4.98 Å². The van der Waals surface area contributed by atoms with Crippen LogP contribution in [0.5, 0.6) is 5.88 Å². The minimum absolute atomic E-state index is 0.308. The maximum Gasteiger partial charge on any atom is 0.213 e. The minimum Gasteiger partial charge on any atom is -0.473 e. The van der Waals surface area contributed by atoms with Crippen LogP contribution in [0.25, 0.3) is 0 Å². The van der Waals surface area contributed by atoms with Crippen LogP contribution in [0.1, 0.15) is 11.3 Å². The molecule has 0 aliphatic carbocycles. The van der Waals surface area contributed by atoms with Crippen LogP contribution in [0.3, 0.4) is 0 Å². The predicted octanol–water partition coefficient (Wildman–Crippen LogP) is 2.73. The Hall–Kier alpha value is -2.34. The molecule has 0 aliphatic rings. The maximum atomic E-state index is 8.59. The summed E-state index contributed by atoms with van der Waals surface area (Å²) in [7, 11) is 0. The van der Waals surface area contributed by atoms with Crippen molar-refractivity contribution < 1.29 is 4.74 Å². The summed E-state index contributed by atoms with van der Waals surface area (Å²) in [6.45, 7) is 0.490. The van der Waals surface area contributed by atoms with Crippen LogP contribution >= 0.6 is 0 Å². The van der Waals surface area contributed by atoms with E-state index in [4.69, 9.17) is 10.00 Å². The Morgan fingerprint density at radius 3 is 2.65 bits per heavy atom. The molecule has 0 unspecified atom stereocenters. The molecule has 1 aromatic carbocycles. The van der Waals surface area contributed by atoms with Gasteiger partial charge in [0.05, 0.1) is 18.2 Å². The molecule has 17 heavy (non-hydrogen) atoms. The Bertz CT molecular complexity index is 517. The highest BCUT2D eigenvalue weighted by atomic mass is 16.5. The van der Waals surface area contributed by atoms with Crippen LogP contribution in [0, 0.1) is 11.3 Å². The van der Waals surface area contributed by atoms with E-state index in [9.17, 15) is 0 Å². The molecule has 1 aromatic heterocycles. The van der Waals surface area contributed by atoms with Crippen molar-refractivity contribution >= 4 is 0 Å². The lowest BCUT2D eigenvalue weighted by Gasteiger charge is -2.05. The van der Waals surface area contributed by atoms with E-state index >= 15 is 0 Å². The van der Waals surface area contributed by atoms with Gasteiger partial charge in [-0.25, -0.2) is 4.98 Å². The molecule has 0 saturated carbocycles. The molecule has 2 rings (SSSR count). The van der Waals surface area contributed by atoms with Gasteiger partial charge in [0.1, 0.15) is 6.61 Å². The van der Waals surface area contributed by atoms with Crippen molar-refractivity contribution in [2.45, 2.75) is 13.0 Å². The van der Waals surface area contributed by atoms with Gasteiger partial charge in [0.2, 0.25) is 5.88 Å². The van der Waals surface area contributed by atoms with E-state index in [1.807, 2.05) is 42.5 Å². The molecule has 84 valence electrons. The number of hydrogen-bond acceptors (Lipinski definition) is 3. The first-order valence-corrected chi connectivity index (χ1v) is 5.38. The van der Waals surface area contributed by atoms with E-state index in [-0.39, 0.29) is 0 Å². The largest absolute Gasteiger partial charge is 0.473 e. The monoisotopic (exact) mass is 224 g/mol. The third-order valence-electron chi connectivity index (χ3n) is 2.27. The fraction of sp³-hybridized carbons (Fsp3) is 0.143. The lowest BCUT2D eigenvalue weighted by Crippen LogP contribution is -1.98. The van der Waals surface area contributed by atoms with E-state index in [0.29, 0.717) is 18.9 Å². The zero-order valence-electron chi connectivity index (χ0n) is 9.34. The van der Waals surface area contributed by atoms with Crippen LogP contribution in [0.4, 0.5) is 0 Å². The molecule has 0 atom stereocenters. The Morgan fingerprint density at radius 1 is 1.06 bits per heavy atom. The summed E-state index contributed by atoms with van der Waals surface area (Å²) in [6, 6.07) is 17.4. The van der Waals surface area contributed by atoms with E-state index in [2.05, 4.69) is 11.1 Å². The zero-order valence-corrected chi connectivity index (χ0v) is 9.34. The molecule has 3 heteroatoms. The van der Waals surface area contributed by atoms with E-state index in [1.165, 1.54) is 0 Å². The minimum atomic E-state index is 0.308. The smallest absolute Gasteiger partial charge is 0.213 e. The molecule has 0 N–H and O–H groups in total. The molecule has 0 radical (unpaired) electrons. The van der Waals surface area contributed by atoms with E-state index in [0.717, 1.165) is 11.3 Å². The molecule has 0 fully saturated rings. The number of hydrogen-bond donors (Lipinski definition) is 0. The molecule has 0 saturated heterocycles. The molecular weight excluding hydrogens is 212 g/mol. The topological polar surface area (TPSA) is 45.9 Å². The molecule has 3 nitrogen and oxygen atoms in total. The maximum absolute atomic E-state index is 8.59. The lowest BCUT2D eigenvalue weighted by atomic mass is 10.2. The molecular formula is C14H12N2O. The lowest BCUT2D eigenvalue weighted by molar-refractivity contribution is 0.293. The third kappa shape index (κ3) is 3.32. The molecule has 1 heterocycles. The summed E-state index contributed by atoms with van der Waals surface area (Å²) in [5.74, 6) is 0.557. The second-order valence-electron chi connectivity index (χ2n) is 3.58. The predicted molar refractivity (Wildman–Crippen MR) is 64.3 cm³/mol. The van der Waals surface area contributed by atoms with Gasteiger partial charge in [-0.1, -0.05) is 36.4 Å². The zero-order chi connectivity index (χ0) is 11.9. The molecule has 0 aliphatic heterocycles. The summed E-state index contributed by atoms with van der Waals surface area (Å²) in [6.07, 6.45) is 0.308. The second kappa shape index (κ2) is 5.66. The van der Waals surface area contributed by atoms with Gasteiger partial charge < -0.3 is 4.74 Å². The third-order valence-corrected chi connectivity index (χ3v) is 2.27. The van der Waals surface area contributed by atoms with Gasteiger partial charge in [-0.05, 0) is 11.6 Å². The first-order chi connectivity index (χ1) is 8.38. The molecule has 0 spiro atoms. The highest BCUT2D eigenvalue weighted by Crippen LogP contribution is 2.10. The SMILES string of the molecule is N#CCc1cccc(OCc2ccccc2)n1. The van der Waals surface area contributed by atoms with Gasteiger partial charge in [-0.15, -0.1) is 0 Å². The van der Waals surface area contributed by atoms with Crippen LogP contribution in [0.15, 0.2) is 48.5 Å². The summed E-state index contributed by atoms with van der Waals surface area (Å²) in [4.78, 5) is 4.23. The van der Waals surface area contributed by atoms with Crippen molar-refractivity contribution in [2.24, 2.45) is 0 Å². The second-order valence-corrected chi connectivity index (χ2v) is 3.58. The highest BCUT2D eigenvalue weighted by Gasteiger charge is 1.99. The first kappa shape index (κ1) is 11.2. The Balaban J connectivity index is 2.00. The van der Waals surface area contributed by atoms with Gasteiger partial charge >= 0.3 is 0 Å². The van der Waals surface area contributed by atoms with Gasteiger partial charge in [0.15, 0.2) is 0 Å². The fourth-order valence-electron chi connectivity index (χ4n) is 1.45. The number of nitrogens with zero attached hydrogens (tertiary/aromatic N) is 2. The van der Waals surface area contributed by atoms with Crippen LogP contribution in [0.2, 0.25) is 0 Å². The van der Waals surface area contributed by atoms with Gasteiger partial charge in [-0.3, -0.25) is 0 Å². The van der Waals surface area contributed by atoms with Gasteiger partial charge in [0, 0.05) is 6.07 Å². The first-order valence-electron chi connectivity index (χ1n) is 5.38. The van der Waals surface area contributed by atoms with Crippen LogP contribution in [-0.2, 0) is 13.0 Å². The summed E-state index contributed by atoms with van der Waals surface area (Å²) >= 11 is 0. The van der Waals surface area contributed by atoms with Crippen LogP contribution < -0.4 is 4.74 Å². The summed E-state index contributed by atoms with van der Waals surface area (Å²) in [5, 5.41) is 8.59. The number of aromatic nitrogens is 1. The number of ether oxygens (including phenoxy) is 1. The van der Waals surface area contributed by atoms with Gasteiger partial charge in [-0.2, -0.15) is 5.26 Å².